The SMILES string of the molecule is O=C1OCCN1CCOc1cc2c(cc1[N+](=O)[O-])C=NC2.O=[N+]([O-])c1cc2c(cc1O)CN=C2. The first-order chi connectivity index (χ1) is 16.3. The van der Waals surface area contributed by atoms with Gasteiger partial charge in [-0.3, -0.25) is 30.2 Å². The van der Waals surface area contributed by atoms with E-state index in [9.17, 15) is 30.1 Å². The molecule has 2 aromatic rings. The normalized spacial score (nSPS) is 14.8. The van der Waals surface area contributed by atoms with Gasteiger partial charge in [-0.25, -0.2) is 4.79 Å². The topological polar surface area (TPSA) is 170 Å². The van der Waals surface area contributed by atoms with Crippen molar-refractivity contribution in [2.45, 2.75) is 13.1 Å². The van der Waals surface area contributed by atoms with Crippen molar-refractivity contribution in [3.8, 4) is 11.5 Å². The van der Waals surface area contributed by atoms with Crippen LogP contribution in [-0.4, -0.2) is 64.7 Å². The monoisotopic (exact) mass is 469 g/mol. The van der Waals surface area contributed by atoms with E-state index in [0.29, 0.717) is 38.3 Å². The second-order valence-corrected chi connectivity index (χ2v) is 7.46. The van der Waals surface area contributed by atoms with Crippen molar-refractivity contribution in [1.82, 2.24) is 4.90 Å². The minimum absolute atomic E-state index is 0.0916. The maximum Gasteiger partial charge on any atom is 0.410 e. The Morgan fingerprint density at radius 2 is 1.62 bits per heavy atom. The highest BCUT2D eigenvalue weighted by Crippen LogP contribution is 2.32. The van der Waals surface area contributed by atoms with Gasteiger partial charge in [0.15, 0.2) is 11.5 Å². The van der Waals surface area contributed by atoms with Crippen LogP contribution < -0.4 is 4.74 Å². The lowest BCUT2D eigenvalue weighted by molar-refractivity contribution is -0.386. The van der Waals surface area contributed by atoms with Crippen LogP contribution in [0.5, 0.6) is 11.5 Å². The van der Waals surface area contributed by atoms with Gasteiger partial charge in [0.1, 0.15) is 13.2 Å². The minimum atomic E-state index is -0.609. The van der Waals surface area contributed by atoms with Gasteiger partial charge in [0.2, 0.25) is 0 Å². The zero-order valence-corrected chi connectivity index (χ0v) is 17.7. The third-order valence-electron chi connectivity index (χ3n) is 5.30. The summed E-state index contributed by atoms with van der Waals surface area (Å²) in [5.41, 5.74) is 2.82. The van der Waals surface area contributed by atoms with E-state index in [2.05, 4.69) is 9.98 Å². The second-order valence-electron chi connectivity index (χ2n) is 7.46. The van der Waals surface area contributed by atoms with E-state index in [0.717, 1.165) is 16.7 Å². The number of aliphatic imine (C=N–C) groups is 2. The van der Waals surface area contributed by atoms with E-state index in [1.807, 2.05) is 0 Å². The van der Waals surface area contributed by atoms with Gasteiger partial charge in [-0.2, -0.15) is 0 Å². The van der Waals surface area contributed by atoms with Gasteiger partial charge >= 0.3 is 17.5 Å². The molecule has 0 radical (unpaired) electrons. The molecular weight excluding hydrogens is 450 g/mol. The van der Waals surface area contributed by atoms with Crippen molar-refractivity contribution in [3.63, 3.8) is 0 Å². The van der Waals surface area contributed by atoms with E-state index < -0.39 is 9.85 Å². The van der Waals surface area contributed by atoms with Crippen LogP contribution in [0.2, 0.25) is 0 Å². The minimum Gasteiger partial charge on any atom is -0.502 e. The number of benzene rings is 2. The summed E-state index contributed by atoms with van der Waals surface area (Å²) in [4.78, 5) is 41.2. The number of amides is 1. The first-order valence-electron chi connectivity index (χ1n) is 10.2. The molecule has 0 atom stereocenters. The summed E-state index contributed by atoms with van der Waals surface area (Å²) >= 11 is 0. The average Bonchev–Trinajstić information content (AvgIpc) is 3.53. The van der Waals surface area contributed by atoms with Crippen molar-refractivity contribution in [1.29, 1.82) is 0 Å². The molecule has 1 N–H and O–H groups in total. The highest BCUT2D eigenvalue weighted by Gasteiger charge is 2.24. The largest absolute Gasteiger partial charge is 0.502 e. The number of ether oxygens (including phenoxy) is 2. The lowest BCUT2D eigenvalue weighted by Gasteiger charge is -2.13. The third kappa shape index (κ3) is 4.77. The molecule has 1 amide bonds. The maximum atomic E-state index is 11.3. The lowest BCUT2D eigenvalue weighted by Crippen LogP contribution is -2.29. The number of phenolic OH excluding ortho intramolecular Hbond substituents is 1. The van der Waals surface area contributed by atoms with Gasteiger partial charge in [0.05, 0.1) is 36.0 Å². The highest BCUT2D eigenvalue weighted by atomic mass is 16.6. The standard InChI is InChI=1S/C13H13N3O5.C8H6N2O3/c17-13-15(2-4-21-13)1-3-20-12-6-10-8-14-7-9(10)5-11(12)16(18)19;11-8-2-6-4-9-3-5(6)1-7(8)10(12)13/h5-7H,1-4,8H2;1-3,11H,4H2. The Balaban J connectivity index is 0.000000180. The first-order valence-corrected chi connectivity index (χ1v) is 10.2. The van der Waals surface area contributed by atoms with Gasteiger partial charge in [0.25, 0.3) is 0 Å². The number of cyclic esters (lactones) is 1. The van der Waals surface area contributed by atoms with Crippen LogP contribution in [0.3, 0.4) is 0 Å². The molecule has 176 valence electrons. The number of hydrogen-bond acceptors (Lipinski definition) is 10. The van der Waals surface area contributed by atoms with Crippen molar-refractivity contribution >= 4 is 29.9 Å². The van der Waals surface area contributed by atoms with Crippen molar-refractivity contribution in [3.05, 3.63) is 66.7 Å². The molecule has 1 fully saturated rings. The Morgan fingerprint density at radius 3 is 2.21 bits per heavy atom. The van der Waals surface area contributed by atoms with Crippen LogP contribution in [0.1, 0.15) is 22.3 Å². The smallest absolute Gasteiger partial charge is 0.410 e. The maximum absolute atomic E-state index is 11.3. The van der Waals surface area contributed by atoms with E-state index in [4.69, 9.17) is 9.47 Å². The zero-order chi connectivity index (χ0) is 24.2. The number of carbonyl (C=O) groups excluding carboxylic acids is 1. The Morgan fingerprint density at radius 1 is 1.00 bits per heavy atom. The number of nitro benzene ring substituents is 2. The Bertz CT molecular complexity index is 1230. The third-order valence-corrected chi connectivity index (χ3v) is 5.30. The van der Waals surface area contributed by atoms with Crippen LogP contribution in [-0.2, 0) is 17.8 Å². The Hall–Kier alpha value is -4.55. The van der Waals surface area contributed by atoms with Gasteiger partial charge in [-0.05, 0) is 23.3 Å². The molecule has 0 aromatic heterocycles. The number of fused-ring (bicyclic) bond motifs is 2. The molecule has 13 nitrogen and oxygen atoms in total. The van der Waals surface area contributed by atoms with E-state index in [1.165, 1.54) is 23.1 Å². The molecular formula is C21H19N5O8. The number of carbonyl (C=O) groups is 1. The summed E-state index contributed by atoms with van der Waals surface area (Å²) in [6.45, 7) is 2.39. The molecule has 0 unspecified atom stereocenters. The summed E-state index contributed by atoms with van der Waals surface area (Å²) in [6.07, 6.45) is 2.81. The van der Waals surface area contributed by atoms with Gasteiger partial charge in [0, 0.05) is 35.7 Å². The summed E-state index contributed by atoms with van der Waals surface area (Å²) < 4.78 is 10.3. The summed E-state index contributed by atoms with van der Waals surface area (Å²) in [7, 11) is 0. The number of rotatable bonds is 6. The Labute approximate surface area is 192 Å². The fourth-order valence-electron chi connectivity index (χ4n) is 3.56. The molecule has 3 aliphatic heterocycles. The van der Waals surface area contributed by atoms with E-state index in [1.54, 1.807) is 18.5 Å². The van der Waals surface area contributed by atoms with Crippen LogP contribution >= 0.6 is 0 Å². The molecule has 34 heavy (non-hydrogen) atoms. The van der Waals surface area contributed by atoms with Gasteiger partial charge in [-0.15, -0.1) is 0 Å². The molecule has 0 saturated carbocycles. The number of nitrogens with zero attached hydrogens (tertiary/aromatic N) is 5. The molecule has 3 aliphatic rings. The fraction of sp³-hybridized carbons (Fsp3) is 0.286. The second kappa shape index (κ2) is 9.52. The quantitative estimate of drug-likeness (QED) is 0.497. The predicted octanol–water partition coefficient (Wildman–Crippen LogP) is 2.59. The van der Waals surface area contributed by atoms with E-state index in [-0.39, 0.29) is 35.6 Å². The van der Waals surface area contributed by atoms with Gasteiger partial charge < -0.3 is 19.5 Å². The van der Waals surface area contributed by atoms with Crippen LogP contribution in [0.25, 0.3) is 0 Å². The Kier molecular flexibility index (Phi) is 6.34. The number of aromatic hydroxyl groups is 1. The van der Waals surface area contributed by atoms with Crippen LogP contribution in [0.15, 0.2) is 34.3 Å². The van der Waals surface area contributed by atoms with Crippen molar-refractivity contribution in [2.24, 2.45) is 9.98 Å². The highest BCUT2D eigenvalue weighted by molar-refractivity contribution is 5.87. The van der Waals surface area contributed by atoms with E-state index >= 15 is 0 Å². The molecule has 13 heteroatoms. The lowest BCUT2D eigenvalue weighted by atomic mass is 10.1. The zero-order valence-electron chi connectivity index (χ0n) is 17.7. The van der Waals surface area contributed by atoms with Crippen molar-refractivity contribution < 1.29 is 29.2 Å². The van der Waals surface area contributed by atoms with Gasteiger partial charge in [-0.1, -0.05) is 0 Å². The molecule has 2 aromatic carbocycles. The first kappa shape index (κ1) is 22.6. The molecule has 5 rings (SSSR count). The predicted molar refractivity (Wildman–Crippen MR) is 119 cm³/mol. The molecule has 1 saturated heterocycles. The number of phenols is 1. The summed E-state index contributed by atoms with van der Waals surface area (Å²) in [5, 5.41) is 30.8. The molecule has 0 bridgehead atoms. The molecule has 3 heterocycles. The molecule has 0 aliphatic carbocycles. The average molecular weight is 469 g/mol. The summed E-state index contributed by atoms with van der Waals surface area (Å²) in [6, 6.07) is 5.83. The number of nitro groups is 2. The van der Waals surface area contributed by atoms with Crippen LogP contribution in [0, 0.1) is 20.2 Å². The number of hydrogen-bond donors (Lipinski definition) is 1. The van der Waals surface area contributed by atoms with Crippen LogP contribution in [0.4, 0.5) is 16.2 Å². The molecule has 0 spiro atoms. The fourth-order valence-corrected chi connectivity index (χ4v) is 3.56. The summed E-state index contributed by atoms with van der Waals surface area (Å²) in [5.74, 6) is -0.0916. The van der Waals surface area contributed by atoms with Crippen molar-refractivity contribution in [2.75, 3.05) is 26.3 Å².